The van der Waals surface area contributed by atoms with Crippen LogP contribution < -0.4 is 4.90 Å². The summed E-state index contributed by atoms with van der Waals surface area (Å²) in [6.45, 7) is 0. The van der Waals surface area contributed by atoms with Crippen molar-refractivity contribution < 1.29 is 13.6 Å². The van der Waals surface area contributed by atoms with Crippen LogP contribution >= 0.6 is 23.2 Å². The second-order valence-electron chi connectivity index (χ2n) is 2.53. The summed E-state index contributed by atoms with van der Waals surface area (Å²) in [4.78, 5) is 11.5. The Labute approximate surface area is 89.0 Å². The van der Waals surface area contributed by atoms with Crippen molar-refractivity contribution in [1.82, 2.24) is 0 Å². The Morgan fingerprint density at radius 2 is 1.93 bits per heavy atom. The molecule has 0 fully saturated rings. The van der Waals surface area contributed by atoms with Gasteiger partial charge in [-0.3, -0.25) is 9.69 Å². The van der Waals surface area contributed by atoms with Gasteiger partial charge in [-0.2, -0.15) is 0 Å². The molecule has 0 atom stereocenters. The standard InChI is InChI=1S/C8H5Cl2F2NO/c1-13(8(10)14)7-2-4(9)5(11)3-6(7)12/h2-3H,1H3. The molecule has 0 heterocycles. The van der Waals surface area contributed by atoms with Gasteiger partial charge in [-0.05, 0) is 17.7 Å². The van der Waals surface area contributed by atoms with Gasteiger partial charge in [0.1, 0.15) is 11.6 Å². The van der Waals surface area contributed by atoms with Crippen LogP contribution in [-0.4, -0.2) is 12.4 Å². The van der Waals surface area contributed by atoms with E-state index in [1.165, 1.54) is 7.05 Å². The van der Waals surface area contributed by atoms with Crippen molar-refractivity contribution in [3.05, 3.63) is 28.8 Å². The van der Waals surface area contributed by atoms with E-state index in [2.05, 4.69) is 0 Å². The average molecular weight is 240 g/mol. The fourth-order valence-corrected chi connectivity index (χ4v) is 1.11. The van der Waals surface area contributed by atoms with Crippen LogP contribution in [0.1, 0.15) is 0 Å². The first-order valence-electron chi connectivity index (χ1n) is 3.51. The summed E-state index contributed by atoms with van der Waals surface area (Å²) in [5.74, 6) is -1.79. The van der Waals surface area contributed by atoms with Crippen molar-refractivity contribution >= 4 is 34.3 Å². The minimum Gasteiger partial charge on any atom is -0.299 e. The normalized spacial score (nSPS) is 10.1. The van der Waals surface area contributed by atoms with Crippen LogP contribution in [-0.2, 0) is 0 Å². The van der Waals surface area contributed by atoms with Crippen molar-refractivity contribution in [2.24, 2.45) is 0 Å². The van der Waals surface area contributed by atoms with Crippen LogP contribution in [0.4, 0.5) is 19.3 Å². The molecule has 1 amide bonds. The monoisotopic (exact) mass is 239 g/mol. The maximum absolute atomic E-state index is 13.1. The fraction of sp³-hybridized carbons (Fsp3) is 0.125. The SMILES string of the molecule is CN(C(=O)Cl)c1cc(Cl)c(F)cc1F. The molecule has 0 aromatic heterocycles. The molecular weight excluding hydrogens is 235 g/mol. The predicted molar refractivity (Wildman–Crippen MR) is 51.0 cm³/mol. The summed E-state index contributed by atoms with van der Waals surface area (Å²) >= 11 is 10.5. The van der Waals surface area contributed by atoms with E-state index >= 15 is 0 Å². The van der Waals surface area contributed by atoms with Gasteiger partial charge in [-0.25, -0.2) is 8.78 Å². The van der Waals surface area contributed by atoms with E-state index in [0.29, 0.717) is 6.07 Å². The second kappa shape index (κ2) is 4.11. The molecule has 0 spiro atoms. The quantitative estimate of drug-likeness (QED) is 0.418. The minimum atomic E-state index is -0.900. The van der Waals surface area contributed by atoms with Crippen molar-refractivity contribution in [3.63, 3.8) is 0 Å². The first kappa shape index (κ1) is 11.2. The summed E-state index contributed by atoms with van der Waals surface area (Å²) in [7, 11) is 1.25. The molecule has 0 saturated heterocycles. The highest BCUT2D eigenvalue weighted by atomic mass is 35.5. The van der Waals surface area contributed by atoms with Crippen molar-refractivity contribution in [1.29, 1.82) is 0 Å². The number of hydrogen-bond acceptors (Lipinski definition) is 1. The number of halogens is 4. The zero-order chi connectivity index (χ0) is 10.9. The Bertz CT molecular complexity index is 384. The van der Waals surface area contributed by atoms with Crippen molar-refractivity contribution in [2.45, 2.75) is 0 Å². The van der Waals surface area contributed by atoms with Gasteiger partial charge in [-0.1, -0.05) is 11.6 Å². The predicted octanol–water partition coefficient (Wildman–Crippen LogP) is 3.41. The number of carbonyl (C=O) groups is 1. The van der Waals surface area contributed by atoms with Crippen molar-refractivity contribution in [2.75, 3.05) is 11.9 Å². The van der Waals surface area contributed by atoms with Crippen molar-refractivity contribution in [3.8, 4) is 0 Å². The molecule has 0 N–H and O–H groups in total. The first-order chi connectivity index (χ1) is 6.43. The number of nitrogens with zero attached hydrogens (tertiary/aromatic N) is 1. The maximum atomic E-state index is 13.1. The van der Waals surface area contributed by atoms with Crippen LogP contribution in [0, 0.1) is 11.6 Å². The van der Waals surface area contributed by atoms with Crippen LogP contribution in [0.2, 0.25) is 5.02 Å². The van der Waals surface area contributed by atoms with Gasteiger partial charge in [-0.15, -0.1) is 0 Å². The molecule has 0 aliphatic heterocycles. The highest BCUT2D eigenvalue weighted by Crippen LogP contribution is 2.26. The molecule has 0 aliphatic rings. The topological polar surface area (TPSA) is 20.3 Å². The Morgan fingerprint density at radius 1 is 1.36 bits per heavy atom. The van der Waals surface area contributed by atoms with Crippen LogP contribution in [0.3, 0.4) is 0 Å². The molecule has 0 saturated carbocycles. The van der Waals surface area contributed by atoms with Crippen LogP contribution in [0.15, 0.2) is 12.1 Å². The zero-order valence-corrected chi connectivity index (χ0v) is 8.53. The summed E-state index contributed by atoms with van der Waals surface area (Å²) < 4.78 is 25.8. The average Bonchev–Trinajstić information content (AvgIpc) is 2.10. The second-order valence-corrected chi connectivity index (χ2v) is 3.26. The number of benzene rings is 1. The Balaban J connectivity index is 3.22. The number of hydrogen-bond donors (Lipinski definition) is 0. The number of anilines is 1. The molecule has 0 bridgehead atoms. The Kier molecular flexibility index (Phi) is 3.29. The van der Waals surface area contributed by atoms with E-state index in [1.807, 2.05) is 0 Å². The molecule has 14 heavy (non-hydrogen) atoms. The lowest BCUT2D eigenvalue weighted by Crippen LogP contribution is -2.20. The van der Waals surface area contributed by atoms with Gasteiger partial charge < -0.3 is 0 Å². The fourth-order valence-electron chi connectivity index (χ4n) is 0.864. The lowest BCUT2D eigenvalue weighted by atomic mass is 10.3. The molecule has 6 heteroatoms. The molecule has 1 aromatic carbocycles. The van der Waals surface area contributed by atoms with E-state index in [9.17, 15) is 13.6 Å². The number of amides is 1. The highest BCUT2D eigenvalue weighted by Gasteiger charge is 2.15. The Morgan fingerprint density at radius 3 is 2.43 bits per heavy atom. The van der Waals surface area contributed by atoms with E-state index in [-0.39, 0.29) is 10.7 Å². The van der Waals surface area contributed by atoms with E-state index < -0.39 is 17.0 Å². The van der Waals surface area contributed by atoms with Gasteiger partial charge in [0, 0.05) is 13.1 Å². The maximum Gasteiger partial charge on any atom is 0.320 e. The Hall–Kier alpha value is -0.870. The summed E-state index contributed by atoms with van der Waals surface area (Å²) in [5, 5.41) is -1.15. The third-order valence-electron chi connectivity index (χ3n) is 1.61. The molecule has 0 radical (unpaired) electrons. The first-order valence-corrected chi connectivity index (χ1v) is 4.27. The zero-order valence-electron chi connectivity index (χ0n) is 7.02. The molecule has 0 aliphatic carbocycles. The molecule has 1 aromatic rings. The van der Waals surface area contributed by atoms with E-state index in [0.717, 1.165) is 11.0 Å². The molecular formula is C8H5Cl2F2NO. The summed E-state index contributed by atoms with van der Waals surface area (Å²) in [6.07, 6.45) is 0. The van der Waals surface area contributed by atoms with E-state index in [4.69, 9.17) is 23.2 Å². The van der Waals surface area contributed by atoms with Gasteiger partial charge in [0.25, 0.3) is 0 Å². The van der Waals surface area contributed by atoms with Gasteiger partial charge in [0.2, 0.25) is 0 Å². The molecule has 2 nitrogen and oxygen atoms in total. The van der Waals surface area contributed by atoms with Gasteiger partial charge >= 0.3 is 5.37 Å². The minimum absolute atomic E-state index is 0.170. The third kappa shape index (κ3) is 2.13. The molecule has 0 unspecified atom stereocenters. The van der Waals surface area contributed by atoms with E-state index in [1.54, 1.807) is 0 Å². The lowest BCUT2D eigenvalue weighted by molar-refractivity contribution is 0.265. The number of carbonyl (C=O) groups excluding carboxylic acids is 1. The lowest BCUT2D eigenvalue weighted by Gasteiger charge is -2.14. The van der Waals surface area contributed by atoms with Gasteiger partial charge in [0.05, 0.1) is 10.7 Å². The largest absolute Gasteiger partial charge is 0.320 e. The van der Waals surface area contributed by atoms with Crippen LogP contribution in [0.25, 0.3) is 0 Å². The molecule has 76 valence electrons. The smallest absolute Gasteiger partial charge is 0.299 e. The highest BCUT2D eigenvalue weighted by molar-refractivity contribution is 6.66. The van der Waals surface area contributed by atoms with Gasteiger partial charge in [0.15, 0.2) is 0 Å². The van der Waals surface area contributed by atoms with Crippen LogP contribution in [0.5, 0.6) is 0 Å². The third-order valence-corrected chi connectivity index (χ3v) is 2.16. The number of rotatable bonds is 1. The summed E-state index contributed by atoms with van der Waals surface area (Å²) in [5.41, 5.74) is -0.170. The molecule has 1 rings (SSSR count). The summed E-state index contributed by atoms with van der Waals surface area (Å²) in [6, 6.07) is 1.58.